The number of aliphatic hydroxyl groups is 1. The van der Waals surface area contributed by atoms with Gasteiger partial charge in [0.05, 0.1) is 24.7 Å². The number of sulfonamides is 1. The Labute approximate surface area is 190 Å². The number of anilines is 1. The van der Waals surface area contributed by atoms with Gasteiger partial charge < -0.3 is 20.5 Å². The number of benzene rings is 1. The SMILES string of the molecule is CNC(=O)N1C=C(C2CC2)NC1c1ccc(COC(C)C)cc1N(CCCO)S(C)(=O)=O. The topological polar surface area (TPSA) is 111 Å². The van der Waals surface area contributed by atoms with Crippen LogP contribution in [-0.2, 0) is 21.4 Å². The molecule has 1 aliphatic carbocycles. The number of nitrogens with one attached hydrogen (secondary N) is 2. The zero-order valence-corrected chi connectivity index (χ0v) is 20.0. The van der Waals surface area contributed by atoms with Crippen LogP contribution >= 0.6 is 0 Å². The second-order valence-electron chi connectivity index (χ2n) is 8.53. The quantitative estimate of drug-likeness (QED) is 0.488. The average Bonchev–Trinajstić information content (AvgIpc) is 3.50. The van der Waals surface area contributed by atoms with Gasteiger partial charge in [0.25, 0.3) is 0 Å². The normalized spacial score (nSPS) is 18.5. The van der Waals surface area contributed by atoms with Gasteiger partial charge in [0, 0.05) is 43.6 Å². The average molecular weight is 467 g/mol. The Balaban J connectivity index is 2.05. The molecule has 3 N–H and O–H groups in total. The molecule has 10 heteroatoms. The van der Waals surface area contributed by atoms with E-state index in [-0.39, 0.29) is 25.3 Å². The zero-order chi connectivity index (χ0) is 23.5. The van der Waals surface area contributed by atoms with Crippen molar-refractivity contribution in [2.45, 2.75) is 52.0 Å². The molecule has 32 heavy (non-hydrogen) atoms. The predicted molar refractivity (Wildman–Crippen MR) is 123 cm³/mol. The molecule has 1 aromatic carbocycles. The van der Waals surface area contributed by atoms with E-state index in [2.05, 4.69) is 10.6 Å². The summed E-state index contributed by atoms with van der Waals surface area (Å²) in [6, 6.07) is 5.27. The van der Waals surface area contributed by atoms with E-state index in [9.17, 15) is 18.3 Å². The Morgan fingerprint density at radius 3 is 2.66 bits per heavy atom. The number of carbonyl (C=O) groups excluding carboxylic acids is 1. The first-order valence-electron chi connectivity index (χ1n) is 11.0. The van der Waals surface area contributed by atoms with Crippen molar-refractivity contribution in [1.29, 1.82) is 0 Å². The third-order valence-corrected chi connectivity index (χ3v) is 6.67. The highest BCUT2D eigenvalue weighted by Crippen LogP contribution is 2.42. The molecule has 1 heterocycles. The van der Waals surface area contributed by atoms with Gasteiger partial charge in [-0.2, -0.15) is 0 Å². The predicted octanol–water partition coefficient (Wildman–Crippen LogP) is 2.25. The summed E-state index contributed by atoms with van der Waals surface area (Å²) >= 11 is 0. The van der Waals surface area contributed by atoms with E-state index >= 15 is 0 Å². The molecule has 2 aliphatic rings. The number of hydrogen-bond acceptors (Lipinski definition) is 6. The number of carbonyl (C=O) groups is 1. The van der Waals surface area contributed by atoms with Crippen LogP contribution in [0.15, 0.2) is 30.1 Å². The van der Waals surface area contributed by atoms with Crippen LogP contribution in [0.1, 0.15) is 50.4 Å². The standard InChI is InChI=1S/C22H34N4O5S/c1-15(2)31-14-16-6-9-18(20(12-16)26(10-5-11-27)32(4,29)30)21-24-19(17-7-8-17)13-25(21)22(28)23-3/h6,9,12-13,15,17,21,24,27H,5,7-8,10-11,14H2,1-4H3,(H,23,28). The fraction of sp³-hybridized carbons (Fsp3) is 0.591. The molecule has 178 valence electrons. The fourth-order valence-corrected chi connectivity index (χ4v) is 4.68. The lowest BCUT2D eigenvalue weighted by atomic mass is 10.1. The molecule has 0 aromatic heterocycles. The molecule has 0 spiro atoms. The molecule has 0 bridgehead atoms. The van der Waals surface area contributed by atoms with Crippen molar-refractivity contribution >= 4 is 21.7 Å². The van der Waals surface area contributed by atoms with Gasteiger partial charge in [-0.25, -0.2) is 13.2 Å². The first-order valence-corrected chi connectivity index (χ1v) is 12.8. The molecule has 9 nitrogen and oxygen atoms in total. The number of urea groups is 1. The molecular weight excluding hydrogens is 432 g/mol. The van der Waals surface area contributed by atoms with E-state index in [1.807, 2.05) is 32.2 Å². The van der Waals surface area contributed by atoms with E-state index in [1.165, 1.54) is 4.31 Å². The molecule has 3 rings (SSSR count). The molecule has 1 atom stereocenters. The largest absolute Gasteiger partial charge is 0.396 e. The number of amides is 2. The summed E-state index contributed by atoms with van der Waals surface area (Å²) in [6.07, 6.45) is 4.89. The third-order valence-electron chi connectivity index (χ3n) is 5.49. The van der Waals surface area contributed by atoms with Gasteiger partial charge in [-0.3, -0.25) is 9.21 Å². The van der Waals surface area contributed by atoms with E-state index in [1.54, 1.807) is 18.0 Å². The Kier molecular flexibility index (Phi) is 7.68. The smallest absolute Gasteiger partial charge is 0.323 e. The van der Waals surface area contributed by atoms with E-state index < -0.39 is 16.2 Å². The minimum atomic E-state index is -3.63. The molecular formula is C22H34N4O5S. The van der Waals surface area contributed by atoms with Crippen LogP contribution in [-0.4, -0.2) is 57.0 Å². The summed E-state index contributed by atoms with van der Waals surface area (Å²) in [5.41, 5.74) is 2.95. The lowest BCUT2D eigenvalue weighted by Gasteiger charge is -2.31. The van der Waals surface area contributed by atoms with Gasteiger partial charge in [0.1, 0.15) is 6.17 Å². The highest BCUT2D eigenvalue weighted by molar-refractivity contribution is 7.92. The van der Waals surface area contributed by atoms with Crippen molar-refractivity contribution in [2.75, 3.05) is 30.8 Å². The van der Waals surface area contributed by atoms with Crippen molar-refractivity contribution in [3.05, 3.63) is 41.2 Å². The van der Waals surface area contributed by atoms with Crippen LogP contribution in [0, 0.1) is 5.92 Å². The van der Waals surface area contributed by atoms with Crippen LogP contribution in [0.25, 0.3) is 0 Å². The minimum Gasteiger partial charge on any atom is -0.396 e. The number of hydrogen-bond donors (Lipinski definition) is 3. The maximum Gasteiger partial charge on any atom is 0.323 e. The van der Waals surface area contributed by atoms with Crippen LogP contribution in [0.3, 0.4) is 0 Å². The number of nitrogens with zero attached hydrogens (tertiary/aromatic N) is 2. The summed E-state index contributed by atoms with van der Waals surface area (Å²) in [5.74, 6) is 0.398. The van der Waals surface area contributed by atoms with Crippen molar-refractivity contribution in [2.24, 2.45) is 5.92 Å². The summed E-state index contributed by atoms with van der Waals surface area (Å²) in [7, 11) is -2.06. The second-order valence-corrected chi connectivity index (χ2v) is 10.4. The highest BCUT2D eigenvalue weighted by atomic mass is 32.2. The van der Waals surface area contributed by atoms with Gasteiger partial charge in [-0.05, 0) is 44.7 Å². The first kappa shape index (κ1) is 24.3. The molecule has 1 fully saturated rings. The molecule has 0 saturated heterocycles. The first-order chi connectivity index (χ1) is 15.2. The summed E-state index contributed by atoms with van der Waals surface area (Å²) < 4.78 is 32.5. The second kappa shape index (κ2) is 10.1. The zero-order valence-electron chi connectivity index (χ0n) is 19.2. The molecule has 0 radical (unpaired) electrons. The lowest BCUT2D eigenvalue weighted by molar-refractivity contribution is 0.0657. The monoisotopic (exact) mass is 466 g/mol. The fourth-order valence-electron chi connectivity index (χ4n) is 3.71. The van der Waals surface area contributed by atoms with Crippen LogP contribution in [0.5, 0.6) is 0 Å². The van der Waals surface area contributed by atoms with Crippen molar-refractivity contribution in [3.8, 4) is 0 Å². The summed E-state index contributed by atoms with van der Waals surface area (Å²) in [5, 5.41) is 15.4. The number of aliphatic hydroxyl groups excluding tert-OH is 1. The van der Waals surface area contributed by atoms with Gasteiger partial charge in [0.2, 0.25) is 10.0 Å². The van der Waals surface area contributed by atoms with E-state index in [4.69, 9.17) is 4.74 Å². The van der Waals surface area contributed by atoms with E-state index in [0.29, 0.717) is 30.2 Å². The van der Waals surface area contributed by atoms with Gasteiger partial charge >= 0.3 is 6.03 Å². The summed E-state index contributed by atoms with van der Waals surface area (Å²) in [4.78, 5) is 14.2. The van der Waals surface area contributed by atoms with Crippen molar-refractivity contribution in [1.82, 2.24) is 15.5 Å². The Bertz CT molecular complexity index is 959. The number of rotatable bonds is 10. The lowest BCUT2D eigenvalue weighted by Crippen LogP contribution is -2.40. The van der Waals surface area contributed by atoms with Gasteiger partial charge in [0.15, 0.2) is 0 Å². The van der Waals surface area contributed by atoms with Gasteiger partial charge in [-0.1, -0.05) is 12.1 Å². The Hall–Kier alpha value is -2.30. The van der Waals surface area contributed by atoms with Gasteiger partial charge in [-0.15, -0.1) is 0 Å². The van der Waals surface area contributed by atoms with E-state index in [0.717, 1.165) is 30.4 Å². The minimum absolute atomic E-state index is 0.0315. The summed E-state index contributed by atoms with van der Waals surface area (Å²) in [6.45, 7) is 4.22. The highest BCUT2D eigenvalue weighted by Gasteiger charge is 2.38. The molecule has 1 aromatic rings. The maximum absolute atomic E-state index is 12.7. The Morgan fingerprint density at radius 2 is 2.09 bits per heavy atom. The van der Waals surface area contributed by atoms with Crippen molar-refractivity contribution < 1.29 is 23.1 Å². The molecule has 2 amide bonds. The third kappa shape index (κ3) is 5.73. The Morgan fingerprint density at radius 1 is 1.38 bits per heavy atom. The number of allylic oxidation sites excluding steroid dienone is 1. The van der Waals surface area contributed by atoms with Crippen LogP contribution in [0.4, 0.5) is 10.5 Å². The molecule has 1 saturated carbocycles. The molecule has 1 aliphatic heterocycles. The van der Waals surface area contributed by atoms with Crippen LogP contribution in [0.2, 0.25) is 0 Å². The molecule has 1 unspecified atom stereocenters. The van der Waals surface area contributed by atoms with Crippen molar-refractivity contribution in [3.63, 3.8) is 0 Å². The maximum atomic E-state index is 12.7. The van der Waals surface area contributed by atoms with Crippen LogP contribution < -0.4 is 14.9 Å². The number of ether oxygens (including phenoxy) is 1.